The van der Waals surface area contributed by atoms with Gasteiger partial charge in [0.15, 0.2) is 0 Å². The van der Waals surface area contributed by atoms with Crippen LogP contribution < -0.4 is 34.4 Å². The van der Waals surface area contributed by atoms with Crippen molar-refractivity contribution >= 4 is 29.8 Å². The molecule has 4 atom stereocenters. The number of aromatic hydroxyl groups is 1. The average molecular weight is 563 g/mol. The summed E-state index contributed by atoms with van der Waals surface area (Å²) in [5.74, 6) is -4.40. The number of carbonyl (C=O) groups excluding carboxylic acids is 1. The number of nitrogens with two attached hydrogens (primary N) is 6. The lowest BCUT2D eigenvalue weighted by molar-refractivity contribution is -0.139. The van der Waals surface area contributed by atoms with Crippen LogP contribution in [0.15, 0.2) is 24.3 Å². The molecule has 16 nitrogen and oxygen atoms in total. The number of aliphatic carboxylic acids is 4. The van der Waals surface area contributed by atoms with E-state index in [4.69, 9.17) is 59.9 Å². The maximum atomic E-state index is 10.4. The molecule has 0 spiro atoms. The van der Waals surface area contributed by atoms with E-state index in [-0.39, 0.29) is 25.0 Å². The van der Waals surface area contributed by atoms with Crippen molar-refractivity contribution in [1.29, 1.82) is 0 Å². The van der Waals surface area contributed by atoms with Crippen molar-refractivity contribution in [2.45, 2.75) is 69.6 Å². The van der Waals surface area contributed by atoms with Gasteiger partial charge in [0.25, 0.3) is 0 Å². The standard InChI is InChI=1S/C9H11NO3.C6H14N2O2.C5H10N2O3.C3H7NO2/c10-8(9(12)13)5-6-1-3-7(11)4-2-6;7-4-2-1-3-5(8)6(9)10;6-3(5(9)10)1-2-4(7)8;1-2(4)3(5)6/h1-4,8,11H,5,10H2,(H,12,13);5H,1-4,7-8H2,(H,9,10);3H,1-2,6H2,(H2,7,8)(H,9,10);2H,4H2,1H3,(H,5,6)/t8-;5-;3-;2-/m0000/s1. The van der Waals surface area contributed by atoms with E-state index in [1.807, 2.05) is 0 Å². The SMILES string of the molecule is C[C@H](N)C(=O)O.NC(=O)CC[C@H](N)C(=O)O.NCCCC[C@H](N)C(=O)O.N[C@@H](Cc1ccc(O)cc1)C(=O)O. The zero-order chi connectivity index (χ0) is 31.1. The number of unbranched alkanes of at least 4 members (excludes halogenated alkanes) is 1. The lowest BCUT2D eigenvalue weighted by Gasteiger charge is -2.05. The van der Waals surface area contributed by atoms with Gasteiger partial charge < -0.3 is 59.9 Å². The number of carboxylic acids is 4. The molecule has 0 aliphatic heterocycles. The van der Waals surface area contributed by atoms with E-state index in [0.29, 0.717) is 13.0 Å². The van der Waals surface area contributed by atoms with Gasteiger partial charge in [0, 0.05) is 6.42 Å². The molecule has 16 heteroatoms. The number of primary amides is 1. The highest BCUT2D eigenvalue weighted by Crippen LogP contribution is 2.10. The molecular weight excluding hydrogens is 520 g/mol. The Morgan fingerprint density at radius 2 is 1.13 bits per heavy atom. The fourth-order valence-electron chi connectivity index (χ4n) is 2.03. The Morgan fingerprint density at radius 3 is 1.46 bits per heavy atom. The molecule has 0 fully saturated rings. The van der Waals surface area contributed by atoms with Crippen LogP contribution in [0.25, 0.3) is 0 Å². The van der Waals surface area contributed by atoms with E-state index in [1.165, 1.54) is 19.1 Å². The van der Waals surface area contributed by atoms with Gasteiger partial charge in [0.1, 0.15) is 29.9 Å². The second-order valence-electron chi connectivity index (χ2n) is 8.12. The first-order chi connectivity index (χ1) is 18.0. The maximum absolute atomic E-state index is 10.4. The number of hydrogen-bond acceptors (Lipinski definition) is 11. The summed E-state index contributed by atoms with van der Waals surface area (Å²) in [4.78, 5) is 50.2. The highest BCUT2D eigenvalue weighted by Gasteiger charge is 2.12. The van der Waals surface area contributed by atoms with Gasteiger partial charge in [0.2, 0.25) is 5.91 Å². The largest absolute Gasteiger partial charge is 0.508 e. The first-order valence-electron chi connectivity index (χ1n) is 11.7. The van der Waals surface area contributed by atoms with Crippen molar-refractivity contribution in [2.24, 2.45) is 34.4 Å². The van der Waals surface area contributed by atoms with E-state index in [2.05, 4.69) is 0 Å². The summed E-state index contributed by atoms with van der Waals surface area (Å²) in [5, 5.41) is 41.9. The van der Waals surface area contributed by atoms with Crippen LogP contribution in [0.1, 0.15) is 44.6 Å². The molecule has 17 N–H and O–H groups in total. The Morgan fingerprint density at radius 1 is 0.718 bits per heavy atom. The number of benzene rings is 1. The smallest absolute Gasteiger partial charge is 0.320 e. The third-order valence-electron chi connectivity index (χ3n) is 4.40. The van der Waals surface area contributed by atoms with Gasteiger partial charge in [-0.15, -0.1) is 0 Å². The molecule has 0 saturated carbocycles. The van der Waals surface area contributed by atoms with Crippen molar-refractivity contribution in [3.8, 4) is 5.75 Å². The Balaban J connectivity index is -0.000000458. The van der Waals surface area contributed by atoms with Crippen LogP contribution in [-0.4, -0.2) is 86.0 Å². The molecular formula is C23H42N6O10. The quantitative estimate of drug-likeness (QED) is 0.115. The molecule has 224 valence electrons. The third kappa shape index (κ3) is 27.0. The summed E-state index contributed by atoms with van der Waals surface area (Å²) in [6.45, 7) is 2.02. The Labute approximate surface area is 225 Å². The number of hydrogen-bond donors (Lipinski definition) is 11. The summed E-state index contributed by atoms with van der Waals surface area (Å²) in [6, 6.07) is 3.00. The number of amides is 1. The fraction of sp³-hybridized carbons (Fsp3) is 0.522. The van der Waals surface area contributed by atoms with Crippen LogP contribution in [0.4, 0.5) is 0 Å². The Hall–Kier alpha value is -3.83. The second-order valence-corrected chi connectivity index (χ2v) is 8.12. The Kier molecular flexibility index (Phi) is 23.7. The number of carboxylic acid groups (broad SMARTS) is 4. The van der Waals surface area contributed by atoms with Gasteiger partial charge in [-0.05, 0) is 56.8 Å². The zero-order valence-electron chi connectivity index (χ0n) is 21.8. The van der Waals surface area contributed by atoms with E-state index < -0.39 is 54.0 Å². The summed E-state index contributed by atoms with van der Waals surface area (Å²) >= 11 is 0. The molecule has 1 amide bonds. The molecule has 0 bridgehead atoms. The first-order valence-corrected chi connectivity index (χ1v) is 11.7. The molecule has 0 saturated heterocycles. The number of phenolic OH excluding ortho intramolecular Hbond substituents is 1. The predicted octanol–water partition coefficient (Wildman–Crippen LogP) is -2.04. The van der Waals surface area contributed by atoms with Gasteiger partial charge >= 0.3 is 23.9 Å². The van der Waals surface area contributed by atoms with E-state index in [0.717, 1.165) is 18.4 Å². The van der Waals surface area contributed by atoms with Crippen molar-refractivity contribution < 1.29 is 49.5 Å². The second kappa shape index (κ2) is 23.3. The zero-order valence-corrected chi connectivity index (χ0v) is 21.8. The van der Waals surface area contributed by atoms with Crippen molar-refractivity contribution in [1.82, 2.24) is 0 Å². The van der Waals surface area contributed by atoms with Crippen LogP contribution in [0.5, 0.6) is 5.75 Å². The lowest BCUT2D eigenvalue weighted by Crippen LogP contribution is -2.32. The summed E-state index contributed by atoms with van der Waals surface area (Å²) in [5.41, 5.74) is 31.2. The predicted molar refractivity (Wildman–Crippen MR) is 141 cm³/mol. The summed E-state index contributed by atoms with van der Waals surface area (Å²) in [7, 11) is 0. The monoisotopic (exact) mass is 562 g/mol. The van der Waals surface area contributed by atoms with Crippen LogP contribution in [0, 0.1) is 0 Å². The molecule has 0 heterocycles. The summed E-state index contributed by atoms with van der Waals surface area (Å²) < 4.78 is 0. The normalized spacial score (nSPS) is 12.8. The van der Waals surface area contributed by atoms with Crippen LogP contribution >= 0.6 is 0 Å². The topological polar surface area (TPSA) is 343 Å². The molecule has 1 aromatic carbocycles. The number of carbonyl (C=O) groups is 5. The minimum atomic E-state index is -1.11. The Bertz CT molecular complexity index is 867. The molecule has 0 unspecified atom stereocenters. The van der Waals surface area contributed by atoms with Gasteiger partial charge in [0.05, 0.1) is 0 Å². The summed E-state index contributed by atoms with van der Waals surface area (Å²) in [6.07, 6.45) is 2.56. The molecule has 1 rings (SSSR count). The number of phenols is 1. The maximum Gasteiger partial charge on any atom is 0.320 e. The third-order valence-corrected chi connectivity index (χ3v) is 4.40. The van der Waals surface area contributed by atoms with Crippen LogP contribution in [0.3, 0.4) is 0 Å². The van der Waals surface area contributed by atoms with E-state index in [9.17, 15) is 24.0 Å². The highest BCUT2D eigenvalue weighted by molar-refractivity contribution is 5.77. The molecule has 39 heavy (non-hydrogen) atoms. The minimum absolute atomic E-state index is 0.0213. The minimum Gasteiger partial charge on any atom is -0.508 e. The molecule has 0 aromatic heterocycles. The van der Waals surface area contributed by atoms with E-state index in [1.54, 1.807) is 12.1 Å². The van der Waals surface area contributed by atoms with Crippen LogP contribution in [0.2, 0.25) is 0 Å². The molecule has 0 aliphatic rings. The highest BCUT2D eigenvalue weighted by atomic mass is 16.4. The van der Waals surface area contributed by atoms with Crippen LogP contribution in [-0.2, 0) is 30.4 Å². The lowest BCUT2D eigenvalue weighted by atomic mass is 10.1. The van der Waals surface area contributed by atoms with Crippen molar-refractivity contribution in [3.05, 3.63) is 29.8 Å². The van der Waals surface area contributed by atoms with Gasteiger partial charge in [-0.2, -0.15) is 0 Å². The molecule has 0 aliphatic carbocycles. The first kappa shape index (κ1) is 39.7. The van der Waals surface area contributed by atoms with Gasteiger partial charge in [-0.25, -0.2) is 0 Å². The van der Waals surface area contributed by atoms with Crippen molar-refractivity contribution in [2.75, 3.05) is 6.54 Å². The van der Waals surface area contributed by atoms with Gasteiger partial charge in [-0.3, -0.25) is 24.0 Å². The number of rotatable bonds is 13. The molecule has 1 aromatic rings. The molecule has 0 radical (unpaired) electrons. The van der Waals surface area contributed by atoms with E-state index >= 15 is 0 Å². The van der Waals surface area contributed by atoms with Gasteiger partial charge in [-0.1, -0.05) is 18.6 Å². The van der Waals surface area contributed by atoms with Crippen molar-refractivity contribution in [3.63, 3.8) is 0 Å². The fourth-order valence-corrected chi connectivity index (χ4v) is 2.03. The average Bonchev–Trinajstić information content (AvgIpc) is 2.84.